The van der Waals surface area contributed by atoms with Gasteiger partial charge in [0.25, 0.3) is 5.56 Å². The Labute approximate surface area is 215 Å². The summed E-state index contributed by atoms with van der Waals surface area (Å²) in [4.78, 5) is 30.6. The van der Waals surface area contributed by atoms with E-state index in [9.17, 15) is 9.59 Å². The van der Waals surface area contributed by atoms with Gasteiger partial charge in [0.2, 0.25) is 5.91 Å². The number of carbonyl (C=O) groups is 1. The summed E-state index contributed by atoms with van der Waals surface area (Å²) in [7, 11) is 0. The fourth-order valence-corrected chi connectivity index (χ4v) is 5.26. The number of hydrogen-bond donors (Lipinski definition) is 2. The zero-order valence-corrected chi connectivity index (χ0v) is 21.1. The number of halogens is 1. The molecule has 3 aromatic rings. The quantitative estimate of drug-likeness (QED) is 0.529. The van der Waals surface area contributed by atoms with Crippen LogP contribution in [0.5, 0.6) is 0 Å². The van der Waals surface area contributed by atoms with E-state index in [4.69, 9.17) is 17.3 Å². The first-order valence-electron chi connectivity index (χ1n) is 12.3. The standard InChI is InChI=1S/C28H30ClN5O2/c1-18(35)33-9-7-19(8-10-33)14-31-25-13-22(12-23-15-32-28(30)27(23)25)21-5-6-26(36)34(17-21)16-20-3-2-4-24(29)11-20/h2-6,11-13,17,19,31H,7-10,14-16H2,1H3,(H2,30,32). The number of likely N-dealkylation sites (tertiary alicyclic amines) is 1. The number of benzene rings is 2. The van der Waals surface area contributed by atoms with Crippen LogP contribution in [0.4, 0.5) is 5.69 Å². The van der Waals surface area contributed by atoms with E-state index in [0.29, 0.717) is 29.9 Å². The number of fused-ring (bicyclic) bond motifs is 1. The highest BCUT2D eigenvalue weighted by atomic mass is 35.5. The lowest BCUT2D eigenvalue weighted by molar-refractivity contribution is -0.130. The van der Waals surface area contributed by atoms with Gasteiger partial charge in [0.05, 0.1) is 13.1 Å². The van der Waals surface area contributed by atoms with Crippen LogP contribution in [0.1, 0.15) is 36.5 Å². The summed E-state index contributed by atoms with van der Waals surface area (Å²) in [6.45, 7) is 5.03. The van der Waals surface area contributed by atoms with Gasteiger partial charge < -0.3 is 20.5 Å². The summed E-state index contributed by atoms with van der Waals surface area (Å²) < 4.78 is 1.70. The zero-order chi connectivity index (χ0) is 25.2. The predicted octanol–water partition coefficient (Wildman–Crippen LogP) is 4.11. The Morgan fingerprint density at radius 2 is 1.94 bits per heavy atom. The summed E-state index contributed by atoms with van der Waals surface area (Å²) >= 11 is 6.14. The number of carbonyl (C=O) groups excluding carboxylic acids is 1. The van der Waals surface area contributed by atoms with Gasteiger partial charge in [0.1, 0.15) is 5.84 Å². The minimum atomic E-state index is -0.0669. The molecule has 36 heavy (non-hydrogen) atoms. The molecule has 8 heteroatoms. The van der Waals surface area contributed by atoms with Crippen LogP contribution in [0, 0.1) is 5.92 Å². The average molecular weight is 504 g/mol. The number of rotatable bonds is 6. The van der Waals surface area contributed by atoms with E-state index < -0.39 is 0 Å². The fraction of sp³-hybridized carbons (Fsp3) is 0.321. The van der Waals surface area contributed by atoms with Gasteiger partial charge >= 0.3 is 0 Å². The molecule has 1 saturated heterocycles. The molecule has 2 aliphatic heterocycles. The molecule has 7 nitrogen and oxygen atoms in total. The van der Waals surface area contributed by atoms with Gasteiger partial charge in [-0.1, -0.05) is 23.7 Å². The van der Waals surface area contributed by atoms with E-state index >= 15 is 0 Å². The van der Waals surface area contributed by atoms with Crippen molar-refractivity contribution >= 4 is 29.0 Å². The largest absolute Gasteiger partial charge is 0.384 e. The zero-order valence-electron chi connectivity index (χ0n) is 20.3. The van der Waals surface area contributed by atoms with Crippen molar-refractivity contribution < 1.29 is 4.79 Å². The Bertz CT molecular complexity index is 1390. The number of aromatic nitrogens is 1. The maximum absolute atomic E-state index is 12.6. The third kappa shape index (κ3) is 5.16. The minimum absolute atomic E-state index is 0.0669. The number of pyridine rings is 1. The molecule has 1 fully saturated rings. The van der Waals surface area contributed by atoms with E-state index in [2.05, 4.69) is 22.4 Å². The molecule has 3 N–H and O–H groups in total. The number of anilines is 1. The first kappa shape index (κ1) is 24.1. The number of hydrogen-bond acceptors (Lipinski definition) is 5. The second kappa shape index (κ2) is 10.2. The van der Waals surface area contributed by atoms with Crippen LogP contribution in [0.3, 0.4) is 0 Å². The second-order valence-corrected chi connectivity index (χ2v) is 10.0. The van der Waals surface area contributed by atoms with Crippen molar-refractivity contribution in [3.8, 4) is 11.1 Å². The highest BCUT2D eigenvalue weighted by molar-refractivity contribution is 6.30. The van der Waals surface area contributed by atoms with E-state index in [0.717, 1.165) is 66.0 Å². The van der Waals surface area contributed by atoms with Crippen molar-refractivity contribution in [1.82, 2.24) is 9.47 Å². The molecule has 3 heterocycles. The van der Waals surface area contributed by atoms with Crippen LogP contribution in [-0.2, 0) is 17.9 Å². The van der Waals surface area contributed by atoms with Gasteiger partial charge in [-0.15, -0.1) is 0 Å². The lowest BCUT2D eigenvalue weighted by Crippen LogP contribution is -2.38. The molecule has 0 radical (unpaired) electrons. The first-order chi connectivity index (χ1) is 17.4. The SMILES string of the molecule is CC(=O)N1CCC(CNc2cc(-c3ccc(=O)n(Cc4cccc(Cl)c4)c3)cc3c2C(N)=NC3)CC1. The van der Waals surface area contributed by atoms with Crippen molar-refractivity contribution in [3.63, 3.8) is 0 Å². The van der Waals surface area contributed by atoms with Crippen LogP contribution in [-0.4, -0.2) is 40.8 Å². The molecule has 1 aromatic heterocycles. The molecule has 0 unspecified atom stereocenters. The fourth-order valence-electron chi connectivity index (χ4n) is 5.05. The van der Waals surface area contributed by atoms with Gasteiger partial charge in [0.15, 0.2) is 0 Å². The number of aliphatic imine (C=N–C) groups is 1. The molecule has 5 rings (SSSR count). The van der Waals surface area contributed by atoms with E-state index in [1.54, 1.807) is 17.6 Å². The van der Waals surface area contributed by atoms with E-state index in [1.165, 1.54) is 0 Å². The summed E-state index contributed by atoms with van der Waals surface area (Å²) in [6, 6.07) is 15.2. The van der Waals surface area contributed by atoms with Gasteiger partial charge in [-0.3, -0.25) is 14.6 Å². The third-order valence-corrected chi connectivity index (χ3v) is 7.33. The molecule has 2 aliphatic rings. The van der Waals surface area contributed by atoms with E-state index in [1.807, 2.05) is 41.4 Å². The maximum atomic E-state index is 12.6. The lowest BCUT2D eigenvalue weighted by atomic mass is 9.95. The van der Waals surface area contributed by atoms with Crippen molar-refractivity contribution in [2.24, 2.45) is 16.6 Å². The number of amidine groups is 1. The molecular formula is C28H30ClN5O2. The molecule has 0 saturated carbocycles. The number of nitrogens with one attached hydrogen (secondary N) is 1. The van der Waals surface area contributed by atoms with Crippen LogP contribution in [0.15, 0.2) is 64.5 Å². The highest BCUT2D eigenvalue weighted by Crippen LogP contribution is 2.32. The molecule has 186 valence electrons. The van der Waals surface area contributed by atoms with Crippen LogP contribution >= 0.6 is 11.6 Å². The Hall–Kier alpha value is -3.58. The predicted molar refractivity (Wildman–Crippen MR) is 145 cm³/mol. The van der Waals surface area contributed by atoms with Gasteiger partial charge in [-0.2, -0.15) is 0 Å². The Morgan fingerprint density at radius 3 is 2.69 bits per heavy atom. The summed E-state index contributed by atoms with van der Waals surface area (Å²) in [5, 5.41) is 4.27. The molecule has 0 spiro atoms. The molecule has 0 bridgehead atoms. The molecule has 0 aliphatic carbocycles. The van der Waals surface area contributed by atoms with E-state index in [-0.39, 0.29) is 11.5 Å². The van der Waals surface area contributed by atoms with Gasteiger partial charge in [-0.25, -0.2) is 0 Å². The molecule has 1 amide bonds. The number of piperidine rings is 1. The van der Waals surface area contributed by atoms with Gasteiger partial charge in [-0.05, 0) is 71.3 Å². The Morgan fingerprint density at radius 1 is 1.14 bits per heavy atom. The van der Waals surface area contributed by atoms with Gasteiger partial charge in [0, 0.05) is 55.1 Å². The van der Waals surface area contributed by atoms with Crippen LogP contribution in [0.25, 0.3) is 11.1 Å². The minimum Gasteiger partial charge on any atom is -0.384 e. The number of amides is 1. The topological polar surface area (TPSA) is 92.7 Å². The summed E-state index contributed by atoms with van der Waals surface area (Å²) in [6.07, 6.45) is 3.85. The van der Waals surface area contributed by atoms with Crippen molar-refractivity contribution in [2.45, 2.75) is 32.9 Å². The average Bonchev–Trinajstić information content (AvgIpc) is 3.25. The lowest BCUT2D eigenvalue weighted by Gasteiger charge is -2.31. The van der Waals surface area contributed by atoms with Crippen molar-refractivity contribution in [3.05, 3.63) is 86.8 Å². The van der Waals surface area contributed by atoms with Crippen molar-refractivity contribution in [1.29, 1.82) is 0 Å². The Balaban J connectivity index is 1.40. The Kier molecular flexibility index (Phi) is 6.83. The monoisotopic (exact) mass is 503 g/mol. The maximum Gasteiger partial charge on any atom is 0.250 e. The smallest absolute Gasteiger partial charge is 0.250 e. The third-order valence-electron chi connectivity index (χ3n) is 7.10. The van der Waals surface area contributed by atoms with Crippen molar-refractivity contribution in [2.75, 3.05) is 25.0 Å². The number of nitrogens with two attached hydrogens (primary N) is 1. The number of nitrogens with zero attached hydrogens (tertiary/aromatic N) is 3. The van der Waals surface area contributed by atoms with Crippen LogP contribution in [0.2, 0.25) is 5.02 Å². The second-order valence-electron chi connectivity index (χ2n) is 9.60. The van der Waals surface area contributed by atoms with Crippen LogP contribution < -0.4 is 16.6 Å². The highest BCUT2D eigenvalue weighted by Gasteiger charge is 2.23. The molecule has 2 aromatic carbocycles. The molecule has 0 atom stereocenters. The first-order valence-corrected chi connectivity index (χ1v) is 12.7. The normalized spacial score (nSPS) is 15.5. The summed E-state index contributed by atoms with van der Waals surface area (Å²) in [5.41, 5.74) is 12.1. The molecular weight excluding hydrogens is 474 g/mol. The summed E-state index contributed by atoms with van der Waals surface area (Å²) in [5.74, 6) is 1.18.